The van der Waals surface area contributed by atoms with Crippen LogP contribution in [0.1, 0.15) is 6.92 Å². The molecule has 0 spiro atoms. The first-order chi connectivity index (χ1) is 5.12. The largest absolute Gasteiger partial charge is 0.271 e. The lowest BCUT2D eigenvalue weighted by Crippen LogP contribution is -2.08. The molecule has 0 N–H and O–H groups in total. The monoisotopic (exact) mass is 174 g/mol. The minimum Gasteiger partial charge on any atom is -0.257 e. The van der Waals surface area contributed by atoms with Gasteiger partial charge in [-0.2, -0.15) is 8.42 Å². The summed E-state index contributed by atoms with van der Waals surface area (Å²) in [7, 11) is -3.44. The van der Waals surface area contributed by atoms with E-state index < -0.39 is 10.1 Å². The zero-order valence-electron chi connectivity index (χ0n) is 6.28. The first-order valence-electron chi connectivity index (χ1n) is 3.04. The second-order valence-corrected chi connectivity index (χ2v) is 3.44. The molecular weight excluding hydrogens is 164 g/mol. The molecule has 0 unspecified atom stereocenters. The lowest BCUT2D eigenvalue weighted by Gasteiger charge is -1.96. The van der Waals surface area contributed by atoms with Crippen LogP contribution in [0.15, 0.2) is 12.2 Å². The van der Waals surface area contributed by atoms with Gasteiger partial charge in [0.15, 0.2) is 0 Å². The lowest BCUT2D eigenvalue weighted by atomic mass is 10.6. The maximum atomic E-state index is 10.8. The molecule has 0 aliphatic heterocycles. The minimum atomic E-state index is -3.44. The van der Waals surface area contributed by atoms with Crippen LogP contribution < -0.4 is 0 Å². The van der Waals surface area contributed by atoms with Crippen LogP contribution in [0.25, 0.3) is 0 Å². The van der Waals surface area contributed by atoms with E-state index in [-0.39, 0.29) is 12.4 Å². The summed E-state index contributed by atoms with van der Waals surface area (Å²) >= 11 is 0. The Morgan fingerprint density at radius 2 is 2.27 bits per heavy atom. The smallest absolute Gasteiger partial charge is 0.257 e. The van der Waals surface area contributed by atoms with E-state index in [4.69, 9.17) is 6.42 Å². The third-order valence-electron chi connectivity index (χ3n) is 0.858. The number of allylic oxidation sites excluding steroid dienone is 1. The van der Waals surface area contributed by atoms with Crippen molar-refractivity contribution in [2.24, 2.45) is 0 Å². The maximum absolute atomic E-state index is 10.8. The molecule has 0 aliphatic carbocycles. The summed E-state index contributed by atoms with van der Waals surface area (Å²) in [6, 6.07) is 0. The summed E-state index contributed by atoms with van der Waals surface area (Å²) in [6.45, 7) is 1.54. The Bertz CT molecular complexity index is 256. The zero-order chi connectivity index (χ0) is 8.74. The standard InChI is InChI=1S/C7H10O3S/c1-3-5-7-11(8,9)10-6-4-2/h2-3,5H,6-7H2,1H3. The Labute approximate surface area is 67.2 Å². The Hall–Kier alpha value is -0.790. The van der Waals surface area contributed by atoms with E-state index in [2.05, 4.69) is 10.1 Å². The Morgan fingerprint density at radius 1 is 1.64 bits per heavy atom. The number of rotatable bonds is 4. The molecule has 0 fully saturated rings. The molecule has 0 rings (SSSR count). The van der Waals surface area contributed by atoms with E-state index >= 15 is 0 Å². The van der Waals surface area contributed by atoms with Crippen molar-refractivity contribution < 1.29 is 12.6 Å². The summed E-state index contributed by atoms with van der Waals surface area (Å²) in [5.74, 6) is 1.95. The van der Waals surface area contributed by atoms with Gasteiger partial charge in [-0.1, -0.05) is 18.1 Å². The molecule has 0 aromatic heterocycles. The zero-order valence-corrected chi connectivity index (χ0v) is 7.10. The van der Waals surface area contributed by atoms with Crippen molar-refractivity contribution in [3.8, 4) is 12.3 Å². The topological polar surface area (TPSA) is 43.4 Å². The van der Waals surface area contributed by atoms with Crippen molar-refractivity contribution >= 4 is 10.1 Å². The highest BCUT2D eigenvalue weighted by Gasteiger charge is 2.05. The summed E-state index contributed by atoms with van der Waals surface area (Å²) in [5, 5.41) is 0. The molecule has 0 amide bonds. The summed E-state index contributed by atoms with van der Waals surface area (Å²) < 4.78 is 25.9. The number of hydrogen-bond donors (Lipinski definition) is 0. The van der Waals surface area contributed by atoms with Gasteiger partial charge in [0.05, 0.1) is 5.75 Å². The van der Waals surface area contributed by atoms with Crippen LogP contribution in [0.4, 0.5) is 0 Å². The second-order valence-electron chi connectivity index (χ2n) is 1.76. The molecule has 4 heteroatoms. The molecule has 62 valence electrons. The number of hydrogen-bond acceptors (Lipinski definition) is 3. The molecule has 0 aromatic rings. The predicted molar refractivity (Wildman–Crippen MR) is 43.4 cm³/mol. The van der Waals surface area contributed by atoms with Gasteiger partial charge in [0.2, 0.25) is 0 Å². The highest BCUT2D eigenvalue weighted by Crippen LogP contribution is 1.92. The van der Waals surface area contributed by atoms with E-state index in [9.17, 15) is 8.42 Å². The van der Waals surface area contributed by atoms with Gasteiger partial charge in [-0.05, 0) is 6.92 Å². The normalized spacial score (nSPS) is 11.6. The second kappa shape index (κ2) is 4.94. The van der Waals surface area contributed by atoms with Gasteiger partial charge in [-0.15, -0.1) is 6.42 Å². The van der Waals surface area contributed by atoms with Crippen LogP contribution in [0.3, 0.4) is 0 Å². The quantitative estimate of drug-likeness (QED) is 0.355. The van der Waals surface area contributed by atoms with E-state index in [1.165, 1.54) is 6.08 Å². The SMILES string of the molecule is C#CCOS(=O)(=O)CC=CC. The highest BCUT2D eigenvalue weighted by molar-refractivity contribution is 7.86. The number of terminal acetylenes is 1. The Kier molecular flexibility index (Phi) is 4.59. The van der Waals surface area contributed by atoms with Crippen molar-refractivity contribution in [1.82, 2.24) is 0 Å². The molecule has 0 atom stereocenters. The molecule has 0 heterocycles. The first kappa shape index (κ1) is 10.2. The molecule has 0 radical (unpaired) electrons. The van der Waals surface area contributed by atoms with Gasteiger partial charge >= 0.3 is 0 Å². The van der Waals surface area contributed by atoms with Crippen LogP contribution in [-0.2, 0) is 14.3 Å². The fourth-order valence-electron chi connectivity index (χ4n) is 0.386. The fourth-order valence-corrected chi connectivity index (χ4v) is 1.16. The van der Waals surface area contributed by atoms with Crippen LogP contribution in [0, 0.1) is 12.3 Å². The summed E-state index contributed by atoms with van der Waals surface area (Å²) in [6.07, 6.45) is 7.93. The van der Waals surface area contributed by atoms with Crippen molar-refractivity contribution in [3.63, 3.8) is 0 Å². The van der Waals surface area contributed by atoms with E-state index in [0.29, 0.717) is 0 Å². The molecule has 0 saturated heterocycles. The van der Waals surface area contributed by atoms with Crippen LogP contribution in [0.5, 0.6) is 0 Å². The van der Waals surface area contributed by atoms with Crippen molar-refractivity contribution in [3.05, 3.63) is 12.2 Å². The summed E-state index contributed by atoms with van der Waals surface area (Å²) in [5.41, 5.74) is 0. The molecule has 11 heavy (non-hydrogen) atoms. The Balaban J connectivity index is 3.94. The van der Waals surface area contributed by atoms with E-state index in [0.717, 1.165) is 0 Å². The van der Waals surface area contributed by atoms with Crippen molar-refractivity contribution in [1.29, 1.82) is 0 Å². The van der Waals surface area contributed by atoms with Crippen LogP contribution in [0.2, 0.25) is 0 Å². The van der Waals surface area contributed by atoms with Crippen LogP contribution >= 0.6 is 0 Å². The Morgan fingerprint density at radius 3 is 2.73 bits per heavy atom. The minimum absolute atomic E-state index is 0.120. The van der Waals surface area contributed by atoms with Gasteiger partial charge < -0.3 is 0 Å². The van der Waals surface area contributed by atoms with E-state index in [1.54, 1.807) is 13.0 Å². The average Bonchev–Trinajstić information content (AvgIpc) is 1.97. The van der Waals surface area contributed by atoms with Gasteiger partial charge in [-0.25, -0.2) is 0 Å². The van der Waals surface area contributed by atoms with E-state index in [1.807, 2.05) is 0 Å². The predicted octanol–water partition coefficient (Wildman–Crippen LogP) is 0.542. The molecule has 3 nitrogen and oxygen atoms in total. The molecule has 0 saturated carbocycles. The van der Waals surface area contributed by atoms with Crippen molar-refractivity contribution in [2.45, 2.75) is 6.92 Å². The lowest BCUT2D eigenvalue weighted by molar-refractivity contribution is 0.365. The maximum Gasteiger partial charge on any atom is 0.271 e. The molecule has 0 aromatic carbocycles. The highest BCUT2D eigenvalue weighted by atomic mass is 32.2. The molecule has 0 aliphatic rings. The third-order valence-corrected chi connectivity index (χ3v) is 1.94. The van der Waals surface area contributed by atoms with Gasteiger partial charge in [0.25, 0.3) is 10.1 Å². The van der Waals surface area contributed by atoms with Crippen molar-refractivity contribution in [2.75, 3.05) is 12.4 Å². The molecular formula is C7H10O3S. The fraction of sp³-hybridized carbons (Fsp3) is 0.429. The van der Waals surface area contributed by atoms with Crippen LogP contribution in [-0.4, -0.2) is 20.8 Å². The van der Waals surface area contributed by atoms with Gasteiger partial charge in [0.1, 0.15) is 6.61 Å². The van der Waals surface area contributed by atoms with Gasteiger partial charge in [-0.3, -0.25) is 4.18 Å². The summed E-state index contributed by atoms with van der Waals surface area (Å²) in [4.78, 5) is 0. The first-order valence-corrected chi connectivity index (χ1v) is 4.62. The molecule has 0 bridgehead atoms. The average molecular weight is 174 g/mol. The van der Waals surface area contributed by atoms with Gasteiger partial charge in [0, 0.05) is 0 Å². The third kappa shape index (κ3) is 5.64.